The summed E-state index contributed by atoms with van der Waals surface area (Å²) in [6.45, 7) is 1.91. The van der Waals surface area contributed by atoms with Crippen molar-refractivity contribution < 1.29 is 4.79 Å². The number of anilines is 1. The van der Waals surface area contributed by atoms with Crippen LogP contribution >= 0.6 is 23.2 Å². The van der Waals surface area contributed by atoms with E-state index in [0.717, 1.165) is 33.6 Å². The number of carbonyl (C=O) groups is 1. The van der Waals surface area contributed by atoms with E-state index in [1.54, 1.807) is 34.0 Å². The molecule has 2 aromatic carbocycles. The fourth-order valence-electron chi connectivity index (χ4n) is 5.51. The summed E-state index contributed by atoms with van der Waals surface area (Å²) >= 11 is 12.7. The molecule has 0 saturated heterocycles. The van der Waals surface area contributed by atoms with E-state index in [9.17, 15) is 9.59 Å². The first-order valence-electron chi connectivity index (χ1n) is 13.7. The number of aromatic nitrogens is 5. The number of amides is 1. The van der Waals surface area contributed by atoms with Crippen molar-refractivity contribution in [2.75, 3.05) is 5.32 Å². The molecule has 1 amide bonds. The highest BCUT2D eigenvalue weighted by Gasteiger charge is 2.24. The molecular formula is C32H28Cl2N6O2. The van der Waals surface area contributed by atoms with Crippen molar-refractivity contribution in [1.29, 1.82) is 0 Å². The number of hydrogen-bond donors (Lipinski definition) is 1. The third-order valence-electron chi connectivity index (χ3n) is 7.72. The van der Waals surface area contributed by atoms with E-state index >= 15 is 0 Å². The highest BCUT2D eigenvalue weighted by Crippen LogP contribution is 2.35. The maximum atomic E-state index is 13.8. The Morgan fingerprint density at radius 3 is 2.55 bits per heavy atom. The van der Waals surface area contributed by atoms with E-state index in [1.807, 2.05) is 62.5 Å². The van der Waals surface area contributed by atoms with E-state index in [1.165, 1.54) is 6.07 Å². The van der Waals surface area contributed by atoms with E-state index < -0.39 is 0 Å². The van der Waals surface area contributed by atoms with Crippen LogP contribution in [0, 0.1) is 5.92 Å². The second-order valence-corrected chi connectivity index (χ2v) is 11.4. The number of halogens is 2. The van der Waals surface area contributed by atoms with Gasteiger partial charge in [0.2, 0.25) is 5.91 Å². The van der Waals surface area contributed by atoms with Gasteiger partial charge in [-0.25, -0.2) is 4.98 Å². The Labute approximate surface area is 253 Å². The first-order chi connectivity index (χ1) is 20.3. The van der Waals surface area contributed by atoms with Gasteiger partial charge in [0.15, 0.2) is 0 Å². The molecule has 0 spiro atoms. The van der Waals surface area contributed by atoms with Gasteiger partial charge in [-0.3, -0.25) is 23.8 Å². The zero-order chi connectivity index (χ0) is 29.4. The molecule has 3 aromatic heterocycles. The van der Waals surface area contributed by atoms with Crippen molar-refractivity contribution in [2.24, 2.45) is 13.0 Å². The molecule has 0 aliphatic carbocycles. The largest absolute Gasteiger partial charge is 0.323 e. The van der Waals surface area contributed by atoms with Crippen LogP contribution in [0.4, 0.5) is 5.69 Å². The maximum Gasteiger partial charge on any atom is 0.254 e. The van der Waals surface area contributed by atoms with Crippen LogP contribution in [-0.2, 0) is 11.8 Å². The monoisotopic (exact) mass is 598 g/mol. The molecule has 8 nitrogen and oxygen atoms in total. The first-order valence-corrected chi connectivity index (χ1v) is 14.5. The second kappa shape index (κ2) is 11.5. The van der Waals surface area contributed by atoms with Gasteiger partial charge in [0.1, 0.15) is 0 Å². The Morgan fingerprint density at radius 1 is 0.905 bits per heavy atom. The van der Waals surface area contributed by atoms with Crippen molar-refractivity contribution in [3.63, 3.8) is 0 Å². The number of rotatable bonds is 3. The third-order valence-corrected chi connectivity index (χ3v) is 8.19. The number of aryl methyl sites for hydroxylation is 1. The molecule has 0 saturated carbocycles. The van der Waals surface area contributed by atoms with Gasteiger partial charge in [-0.1, -0.05) is 54.7 Å². The summed E-state index contributed by atoms with van der Waals surface area (Å²) < 4.78 is 3.35. The lowest BCUT2D eigenvalue weighted by Crippen LogP contribution is -2.27. The molecule has 6 rings (SSSR count). The Balaban J connectivity index is 1.44. The van der Waals surface area contributed by atoms with E-state index in [0.29, 0.717) is 40.7 Å². The molecule has 42 heavy (non-hydrogen) atoms. The highest BCUT2D eigenvalue weighted by atomic mass is 35.5. The lowest BCUT2D eigenvalue weighted by Gasteiger charge is -2.22. The summed E-state index contributed by atoms with van der Waals surface area (Å²) in [5.41, 5.74) is 5.78. The highest BCUT2D eigenvalue weighted by molar-refractivity contribution is 6.31. The quantitative estimate of drug-likeness (QED) is 0.240. The van der Waals surface area contributed by atoms with Gasteiger partial charge in [-0.05, 0) is 60.4 Å². The van der Waals surface area contributed by atoms with Crippen molar-refractivity contribution in [3.8, 4) is 33.6 Å². The SMILES string of the molecule is CC1CCCC(n2cnc(-c3cc(Cl)ccc3-c3cccc(Cl)c3)cc2=O)c2cc(ccn2)-c2c(cnn2C)NC1=O. The molecule has 2 atom stereocenters. The molecule has 10 heteroatoms. The van der Waals surface area contributed by atoms with Crippen LogP contribution in [0.15, 0.2) is 84.2 Å². The van der Waals surface area contributed by atoms with Crippen LogP contribution in [0.2, 0.25) is 10.0 Å². The van der Waals surface area contributed by atoms with Gasteiger partial charge in [0, 0.05) is 46.4 Å². The summed E-state index contributed by atoms with van der Waals surface area (Å²) in [5.74, 6) is -0.273. The molecular weight excluding hydrogens is 571 g/mol. The summed E-state index contributed by atoms with van der Waals surface area (Å²) in [7, 11) is 1.83. The number of fused-ring (bicyclic) bond motifs is 4. The number of carbonyl (C=O) groups excluding carboxylic acids is 1. The van der Waals surface area contributed by atoms with Crippen LogP contribution < -0.4 is 10.9 Å². The lowest BCUT2D eigenvalue weighted by molar-refractivity contribution is -0.119. The van der Waals surface area contributed by atoms with Crippen molar-refractivity contribution in [1.82, 2.24) is 24.3 Å². The number of benzene rings is 2. The fraction of sp³-hybridized carbons (Fsp3) is 0.219. The van der Waals surface area contributed by atoms with Crippen LogP contribution in [0.5, 0.6) is 0 Å². The van der Waals surface area contributed by atoms with Crippen LogP contribution in [-0.4, -0.2) is 30.2 Å². The van der Waals surface area contributed by atoms with Gasteiger partial charge in [0.25, 0.3) is 5.56 Å². The summed E-state index contributed by atoms with van der Waals surface area (Å²) in [4.78, 5) is 36.1. The molecule has 0 radical (unpaired) electrons. The Bertz CT molecular complexity index is 1860. The molecule has 1 aliphatic heterocycles. The van der Waals surface area contributed by atoms with Gasteiger partial charge < -0.3 is 5.32 Å². The molecule has 1 aliphatic rings. The average molecular weight is 600 g/mol. The zero-order valence-corrected chi connectivity index (χ0v) is 24.6. The van der Waals surface area contributed by atoms with Gasteiger partial charge in [0.05, 0.1) is 41.3 Å². The maximum absolute atomic E-state index is 13.8. The lowest BCUT2D eigenvalue weighted by atomic mass is 9.96. The molecule has 212 valence electrons. The van der Waals surface area contributed by atoms with Crippen molar-refractivity contribution in [2.45, 2.75) is 32.2 Å². The molecule has 2 bridgehead atoms. The molecule has 2 unspecified atom stereocenters. The summed E-state index contributed by atoms with van der Waals surface area (Å²) in [5, 5.41) is 8.55. The van der Waals surface area contributed by atoms with Crippen molar-refractivity contribution >= 4 is 34.8 Å². The van der Waals surface area contributed by atoms with Gasteiger partial charge >= 0.3 is 0 Å². The van der Waals surface area contributed by atoms with Crippen LogP contribution in [0.3, 0.4) is 0 Å². The predicted octanol–water partition coefficient (Wildman–Crippen LogP) is 7.03. The minimum atomic E-state index is -0.378. The molecule has 4 heterocycles. The Morgan fingerprint density at radius 2 is 1.74 bits per heavy atom. The van der Waals surface area contributed by atoms with Crippen LogP contribution in [0.25, 0.3) is 33.6 Å². The zero-order valence-electron chi connectivity index (χ0n) is 23.1. The number of hydrogen-bond acceptors (Lipinski definition) is 5. The van der Waals surface area contributed by atoms with Gasteiger partial charge in [-0.15, -0.1) is 0 Å². The Kier molecular flexibility index (Phi) is 7.66. The van der Waals surface area contributed by atoms with Crippen molar-refractivity contribution in [3.05, 3.63) is 105 Å². The molecule has 1 N–H and O–H groups in total. The third kappa shape index (κ3) is 5.47. The fourth-order valence-corrected chi connectivity index (χ4v) is 5.87. The Hall–Kier alpha value is -4.27. The number of pyridine rings is 1. The normalized spacial score (nSPS) is 17.1. The average Bonchev–Trinajstić information content (AvgIpc) is 3.34. The minimum Gasteiger partial charge on any atom is -0.323 e. The summed E-state index contributed by atoms with van der Waals surface area (Å²) in [6, 6.07) is 18.0. The topological polar surface area (TPSA) is 94.7 Å². The van der Waals surface area contributed by atoms with E-state index in [2.05, 4.69) is 15.4 Å². The number of nitrogens with zero attached hydrogens (tertiary/aromatic N) is 5. The first kappa shape index (κ1) is 27.9. The second-order valence-electron chi connectivity index (χ2n) is 10.6. The van der Waals surface area contributed by atoms with Gasteiger partial charge in [-0.2, -0.15) is 5.10 Å². The standard InChI is InChI=1S/C32H28Cl2N6O2/c1-19-5-3-8-29(27-14-21(11-12-35-27)31-28(38-32(19)42)17-37-39(31)2)40-18-36-26(16-30(40)41)25-15-23(34)9-10-24(25)20-6-4-7-22(33)13-20/h4,6-7,9-19,29H,3,5,8H2,1-2H3,(H,38,42). The van der Waals surface area contributed by atoms with E-state index in [4.69, 9.17) is 28.2 Å². The minimum absolute atomic E-state index is 0.0594. The molecule has 5 aromatic rings. The smallest absolute Gasteiger partial charge is 0.254 e. The summed E-state index contributed by atoms with van der Waals surface area (Å²) in [6.07, 6.45) is 6.94. The predicted molar refractivity (Wildman–Crippen MR) is 166 cm³/mol. The number of nitrogens with one attached hydrogen (secondary N) is 1. The molecule has 0 fully saturated rings. The van der Waals surface area contributed by atoms with Crippen LogP contribution in [0.1, 0.15) is 37.9 Å². The van der Waals surface area contributed by atoms with E-state index in [-0.39, 0.29) is 23.4 Å².